The quantitative estimate of drug-likeness (QED) is 0.229. The Morgan fingerprint density at radius 2 is 1.87 bits per heavy atom. The Bertz CT molecular complexity index is 2090. The second kappa shape index (κ2) is 12.4. The molecule has 4 aromatic heterocycles. The van der Waals surface area contributed by atoms with Crippen LogP contribution in [0.15, 0.2) is 78.4 Å². The summed E-state index contributed by atoms with van der Waals surface area (Å²) in [5.41, 5.74) is 3.36. The van der Waals surface area contributed by atoms with Gasteiger partial charge >= 0.3 is 5.97 Å². The molecule has 1 N–H and O–H groups in total. The number of carbonyl (C=O) groups is 1. The minimum atomic E-state index is -0.643. The minimum absolute atomic E-state index is 0.0691. The maximum atomic E-state index is 14.6. The minimum Gasteiger partial charge on any atom is -0.463 e. The lowest BCUT2D eigenvalue weighted by Gasteiger charge is -2.24. The summed E-state index contributed by atoms with van der Waals surface area (Å²) in [4.78, 5) is 53.6. The van der Waals surface area contributed by atoms with Crippen molar-refractivity contribution in [1.29, 1.82) is 0 Å². The van der Waals surface area contributed by atoms with Crippen LogP contribution in [0, 0.1) is 0 Å². The van der Waals surface area contributed by atoms with Crippen LogP contribution in [0.3, 0.4) is 0 Å². The number of imidazole rings is 1. The fourth-order valence-electron chi connectivity index (χ4n) is 5.84. The molecule has 0 bridgehead atoms. The van der Waals surface area contributed by atoms with E-state index in [1.54, 1.807) is 10.9 Å². The largest absolute Gasteiger partial charge is 0.463 e. The van der Waals surface area contributed by atoms with Crippen LogP contribution in [0.2, 0.25) is 0 Å². The van der Waals surface area contributed by atoms with Gasteiger partial charge in [-0.25, -0.2) is 34.7 Å². The molecule has 13 heteroatoms. The molecule has 0 spiro atoms. The van der Waals surface area contributed by atoms with Crippen molar-refractivity contribution in [1.82, 2.24) is 39.0 Å². The van der Waals surface area contributed by atoms with Gasteiger partial charge in [0.25, 0.3) is 5.56 Å². The van der Waals surface area contributed by atoms with Crippen LogP contribution in [0.5, 0.6) is 0 Å². The number of methoxy groups -OCH3 is 1. The third kappa shape index (κ3) is 5.24. The molecule has 1 aliphatic heterocycles. The number of fused-ring (bicyclic) bond motifs is 2. The van der Waals surface area contributed by atoms with Crippen molar-refractivity contribution in [3.8, 4) is 16.8 Å². The number of hydrogen-bond acceptors (Lipinski definition) is 11. The third-order valence-electron chi connectivity index (χ3n) is 8.12. The fourth-order valence-corrected chi connectivity index (χ4v) is 5.84. The molecule has 46 heavy (non-hydrogen) atoms. The SMILES string of the molecule is CC[C@H](Nc1ncnc2c1ncn2C1CCCCO1)c1nc2cccc(-c3cnc(C(=O)OC)nc3)c2c(=O)n1-c1ccccc1. The Labute approximate surface area is 263 Å². The smallest absolute Gasteiger partial charge is 0.376 e. The first-order valence-corrected chi connectivity index (χ1v) is 15.1. The van der Waals surface area contributed by atoms with E-state index < -0.39 is 12.0 Å². The van der Waals surface area contributed by atoms with E-state index in [4.69, 9.17) is 14.5 Å². The van der Waals surface area contributed by atoms with E-state index in [9.17, 15) is 9.59 Å². The Morgan fingerprint density at radius 1 is 1.04 bits per heavy atom. The van der Waals surface area contributed by atoms with Gasteiger partial charge in [-0.15, -0.1) is 0 Å². The van der Waals surface area contributed by atoms with E-state index in [1.165, 1.54) is 25.8 Å². The summed E-state index contributed by atoms with van der Waals surface area (Å²) in [5.74, 6) is 0.343. The van der Waals surface area contributed by atoms with E-state index in [1.807, 2.05) is 60.0 Å². The van der Waals surface area contributed by atoms with Gasteiger partial charge in [-0.2, -0.15) is 0 Å². The predicted molar refractivity (Wildman–Crippen MR) is 171 cm³/mol. The maximum Gasteiger partial charge on any atom is 0.376 e. The predicted octanol–water partition coefficient (Wildman–Crippen LogP) is 5.03. The maximum absolute atomic E-state index is 14.6. The summed E-state index contributed by atoms with van der Waals surface area (Å²) in [6.07, 6.45) is 9.75. The summed E-state index contributed by atoms with van der Waals surface area (Å²) >= 11 is 0. The van der Waals surface area contributed by atoms with Crippen LogP contribution in [-0.4, -0.2) is 58.7 Å². The van der Waals surface area contributed by atoms with Crippen molar-refractivity contribution in [2.24, 2.45) is 0 Å². The van der Waals surface area contributed by atoms with E-state index in [2.05, 4.69) is 30.2 Å². The van der Waals surface area contributed by atoms with Crippen LogP contribution in [0.25, 0.3) is 38.9 Å². The second-order valence-electron chi connectivity index (χ2n) is 10.9. The third-order valence-corrected chi connectivity index (χ3v) is 8.12. The molecule has 232 valence electrons. The fraction of sp³-hybridized carbons (Fsp3) is 0.273. The zero-order valence-electron chi connectivity index (χ0n) is 25.3. The molecule has 0 radical (unpaired) electrons. The number of anilines is 1. The number of aromatic nitrogens is 8. The molecule has 0 aliphatic carbocycles. The molecule has 13 nitrogen and oxygen atoms in total. The van der Waals surface area contributed by atoms with E-state index >= 15 is 0 Å². The van der Waals surface area contributed by atoms with Gasteiger partial charge in [0.15, 0.2) is 17.0 Å². The average molecular weight is 618 g/mol. The lowest BCUT2D eigenvalue weighted by Crippen LogP contribution is -2.28. The van der Waals surface area contributed by atoms with E-state index in [0.29, 0.717) is 63.6 Å². The lowest BCUT2D eigenvalue weighted by molar-refractivity contribution is -0.0298. The van der Waals surface area contributed by atoms with Gasteiger partial charge in [0, 0.05) is 24.6 Å². The first-order valence-electron chi connectivity index (χ1n) is 15.1. The monoisotopic (exact) mass is 617 g/mol. The molecule has 1 aliphatic rings. The number of rotatable bonds is 8. The number of para-hydroxylation sites is 1. The summed E-state index contributed by atoms with van der Waals surface area (Å²) < 4.78 is 14.3. The highest BCUT2D eigenvalue weighted by atomic mass is 16.5. The van der Waals surface area contributed by atoms with E-state index in [0.717, 1.165) is 19.3 Å². The van der Waals surface area contributed by atoms with Gasteiger partial charge in [-0.1, -0.05) is 37.3 Å². The number of carbonyl (C=O) groups excluding carboxylic acids is 1. The van der Waals surface area contributed by atoms with Crippen LogP contribution in [0.4, 0.5) is 5.82 Å². The zero-order valence-corrected chi connectivity index (χ0v) is 25.3. The highest BCUT2D eigenvalue weighted by molar-refractivity contribution is 5.94. The van der Waals surface area contributed by atoms with Crippen LogP contribution < -0.4 is 10.9 Å². The molecule has 1 fully saturated rings. The molecular formula is C33H31N9O4. The summed E-state index contributed by atoms with van der Waals surface area (Å²) in [6, 6.07) is 14.4. The number of nitrogens with zero attached hydrogens (tertiary/aromatic N) is 8. The average Bonchev–Trinajstić information content (AvgIpc) is 3.56. The molecule has 5 heterocycles. The van der Waals surface area contributed by atoms with Crippen molar-refractivity contribution >= 4 is 33.9 Å². The van der Waals surface area contributed by atoms with Gasteiger partial charge in [-0.05, 0) is 49.4 Å². The molecule has 0 saturated carbocycles. The highest BCUT2D eigenvalue weighted by Crippen LogP contribution is 2.31. The summed E-state index contributed by atoms with van der Waals surface area (Å²) in [6.45, 7) is 2.73. The zero-order chi connectivity index (χ0) is 31.6. The van der Waals surface area contributed by atoms with Crippen LogP contribution >= 0.6 is 0 Å². The van der Waals surface area contributed by atoms with Crippen molar-refractivity contribution < 1.29 is 14.3 Å². The number of ether oxygens (including phenoxy) is 2. The number of benzene rings is 2. The van der Waals surface area contributed by atoms with Gasteiger partial charge in [0.2, 0.25) is 5.82 Å². The standard InChI is InChI=1S/C33H31N9O4/c1-3-23(39-28-27-31(37-18-36-28)41(19-38-27)25-14-7-8-15-46-25)30-40-24-13-9-12-22(20-16-34-29(35-17-20)33(44)45-2)26(24)32(43)42(30)21-10-5-4-6-11-21/h4-6,9-13,16-19,23,25H,3,7-8,14-15H2,1-2H3,(H,36,37,39)/t23-,25?/m0/s1. The highest BCUT2D eigenvalue weighted by Gasteiger charge is 2.25. The second-order valence-corrected chi connectivity index (χ2v) is 10.9. The Balaban J connectivity index is 1.35. The van der Waals surface area contributed by atoms with Gasteiger partial charge in [-0.3, -0.25) is 13.9 Å². The molecule has 6 aromatic rings. The number of nitrogens with one attached hydrogen (secondary N) is 1. The molecular weight excluding hydrogens is 586 g/mol. The van der Waals surface area contributed by atoms with Gasteiger partial charge in [0.05, 0.1) is 36.1 Å². The molecule has 1 unspecified atom stereocenters. The summed E-state index contributed by atoms with van der Waals surface area (Å²) in [5, 5.41) is 3.92. The molecule has 2 aromatic carbocycles. The van der Waals surface area contributed by atoms with Crippen molar-refractivity contribution in [3.05, 3.63) is 95.6 Å². The van der Waals surface area contributed by atoms with Crippen molar-refractivity contribution in [2.45, 2.75) is 44.9 Å². The number of hydrogen-bond donors (Lipinski definition) is 1. The first kappa shape index (κ1) is 29.2. The Kier molecular flexibility index (Phi) is 7.89. The van der Waals surface area contributed by atoms with Gasteiger partial charge in [0.1, 0.15) is 18.4 Å². The Morgan fingerprint density at radius 3 is 2.61 bits per heavy atom. The molecule has 1 saturated heterocycles. The molecule has 2 atom stereocenters. The molecule has 0 amide bonds. The Hall–Kier alpha value is -5.56. The molecule has 7 rings (SSSR count). The first-order chi connectivity index (χ1) is 22.6. The van der Waals surface area contributed by atoms with Gasteiger partial charge < -0.3 is 14.8 Å². The number of esters is 1. The topological polar surface area (TPSA) is 152 Å². The van der Waals surface area contributed by atoms with E-state index in [-0.39, 0.29) is 17.6 Å². The van der Waals surface area contributed by atoms with Crippen molar-refractivity contribution in [2.75, 3.05) is 19.0 Å². The normalized spacial score (nSPS) is 15.6. The van der Waals surface area contributed by atoms with Crippen molar-refractivity contribution in [3.63, 3.8) is 0 Å². The lowest BCUT2D eigenvalue weighted by atomic mass is 10.0. The summed E-state index contributed by atoms with van der Waals surface area (Å²) in [7, 11) is 1.27. The van der Waals surface area contributed by atoms with Crippen LogP contribution in [-0.2, 0) is 9.47 Å². The van der Waals surface area contributed by atoms with Crippen LogP contribution in [0.1, 0.15) is 61.3 Å².